The fraction of sp³-hybridized carbons (Fsp3) is 0.538. The molecule has 0 bridgehead atoms. The third kappa shape index (κ3) is 2.47. The van der Waals surface area contributed by atoms with Crippen LogP contribution in [0.5, 0.6) is 5.75 Å². The van der Waals surface area contributed by atoms with Crippen molar-refractivity contribution in [2.45, 2.75) is 38.8 Å². The van der Waals surface area contributed by atoms with Crippen molar-refractivity contribution in [2.24, 2.45) is 5.73 Å². The first-order valence-electron chi connectivity index (χ1n) is 5.98. The van der Waals surface area contributed by atoms with Crippen molar-refractivity contribution in [1.29, 1.82) is 0 Å². The maximum absolute atomic E-state index is 5.85. The van der Waals surface area contributed by atoms with Crippen LogP contribution >= 0.6 is 0 Å². The maximum Gasteiger partial charge on any atom is 0.142 e. The number of ether oxygens (including phenoxy) is 1. The zero-order valence-corrected chi connectivity index (χ0v) is 9.99. The van der Waals surface area contributed by atoms with Crippen LogP contribution in [0.2, 0.25) is 0 Å². The van der Waals surface area contributed by atoms with Gasteiger partial charge in [0.1, 0.15) is 11.9 Å². The van der Waals surface area contributed by atoms with Gasteiger partial charge in [0, 0.05) is 6.04 Å². The van der Waals surface area contributed by atoms with Gasteiger partial charge < -0.3 is 15.8 Å². The highest BCUT2D eigenvalue weighted by molar-refractivity contribution is 5.59. The molecule has 1 aromatic rings. The minimum Gasteiger partial charge on any atom is -0.486 e. The lowest BCUT2D eigenvalue weighted by atomic mass is 10.1. The summed E-state index contributed by atoms with van der Waals surface area (Å²) in [6, 6.07) is 6.49. The van der Waals surface area contributed by atoms with E-state index < -0.39 is 0 Å². The molecule has 0 radical (unpaired) electrons. The molecule has 2 rings (SSSR count). The van der Waals surface area contributed by atoms with E-state index in [1.807, 2.05) is 13.0 Å². The van der Waals surface area contributed by atoms with E-state index in [2.05, 4.69) is 24.4 Å². The van der Waals surface area contributed by atoms with Crippen molar-refractivity contribution >= 4 is 5.69 Å². The summed E-state index contributed by atoms with van der Waals surface area (Å²) in [5.41, 5.74) is 8.16. The summed E-state index contributed by atoms with van der Waals surface area (Å²) in [6.07, 6.45) is 2.24. The number of benzene rings is 1. The molecular weight excluding hydrogens is 200 g/mol. The lowest BCUT2D eigenvalue weighted by Crippen LogP contribution is -2.30. The van der Waals surface area contributed by atoms with Crippen LogP contribution in [0.4, 0.5) is 5.69 Å². The topological polar surface area (TPSA) is 47.3 Å². The van der Waals surface area contributed by atoms with Gasteiger partial charge in [0.2, 0.25) is 0 Å². The van der Waals surface area contributed by atoms with E-state index in [9.17, 15) is 0 Å². The number of fused-ring (bicyclic) bond motifs is 1. The van der Waals surface area contributed by atoms with Gasteiger partial charge in [0.05, 0.1) is 12.2 Å². The number of hydrogen-bond acceptors (Lipinski definition) is 3. The second-order valence-electron chi connectivity index (χ2n) is 4.54. The van der Waals surface area contributed by atoms with E-state index in [0.717, 1.165) is 30.8 Å². The summed E-state index contributed by atoms with van der Waals surface area (Å²) < 4.78 is 5.85. The Morgan fingerprint density at radius 2 is 2.38 bits per heavy atom. The third-order valence-electron chi connectivity index (χ3n) is 2.87. The Morgan fingerprint density at radius 3 is 3.06 bits per heavy atom. The quantitative estimate of drug-likeness (QED) is 0.820. The first-order valence-corrected chi connectivity index (χ1v) is 5.98. The molecule has 0 spiro atoms. The highest BCUT2D eigenvalue weighted by Crippen LogP contribution is 2.30. The molecule has 0 fully saturated rings. The first-order chi connectivity index (χ1) is 7.69. The summed E-state index contributed by atoms with van der Waals surface area (Å²) in [4.78, 5) is 0. The maximum atomic E-state index is 5.85. The summed E-state index contributed by atoms with van der Waals surface area (Å²) >= 11 is 0. The lowest BCUT2D eigenvalue weighted by Gasteiger charge is -2.27. The lowest BCUT2D eigenvalue weighted by molar-refractivity contribution is 0.202. The van der Waals surface area contributed by atoms with Gasteiger partial charge in [-0.2, -0.15) is 0 Å². The molecule has 3 N–H and O–H groups in total. The molecule has 0 saturated carbocycles. The van der Waals surface area contributed by atoms with Crippen LogP contribution in [0, 0.1) is 0 Å². The Kier molecular flexibility index (Phi) is 3.34. The Hall–Kier alpha value is -1.22. The van der Waals surface area contributed by atoms with Crippen molar-refractivity contribution in [3.05, 3.63) is 23.8 Å². The highest BCUT2D eigenvalue weighted by atomic mass is 16.5. The monoisotopic (exact) mass is 220 g/mol. The molecule has 0 aliphatic carbocycles. The molecule has 88 valence electrons. The van der Waals surface area contributed by atoms with Crippen LogP contribution in [0.3, 0.4) is 0 Å². The Bertz CT molecular complexity index is 363. The average Bonchev–Trinajstić information content (AvgIpc) is 2.27. The van der Waals surface area contributed by atoms with Crippen molar-refractivity contribution in [2.75, 3.05) is 11.9 Å². The van der Waals surface area contributed by atoms with Crippen LogP contribution in [-0.4, -0.2) is 18.7 Å². The van der Waals surface area contributed by atoms with Crippen molar-refractivity contribution in [3.63, 3.8) is 0 Å². The van der Waals surface area contributed by atoms with Gasteiger partial charge in [0.25, 0.3) is 0 Å². The largest absolute Gasteiger partial charge is 0.486 e. The van der Waals surface area contributed by atoms with Crippen LogP contribution in [0.25, 0.3) is 0 Å². The van der Waals surface area contributed by atoms with Crippen molar-refractivity contribution in [3.8, 4) is 5.75 Å². The van der Waals surface area contributed by atoms with E-state index in [0.29, 0.717) is 6.10 Å². The molecule has 1 aliphatic heterocycles. The van der Waals surface area contributed by atoms with E-state index in [-0.39, 0.29) is 6.04 Å². The molecule has 2 unspecified atom stereocenters. The standard InChI is InChI=1S/C13H20N2O/c1-3-11-8-15-12-7-10(6-9(2)14)4-5-13(12)16-11/h4-5,7,9,11,15H,3,6,8,14H2,1-2H3. The summed E-state index contributed by atoms with van der Waals surface area (Å²) in [7, 11) is 0. The fourth-order valence-electron chi connectivity index (χ4n) is 1.99. The van der Waals surface area contributed by atoms with Gasteiger partial charge in [-0.3, -0.25) is 0 Å². The third-order valence-corrected chi connectivity index (χ3v) is 2.87. The molecule has 2 atom stereocenters. The molecule has 1 aromatic carbocycles. The number of rotatable bonds is 3. The predicted molar refractivity (Wildman–Crippen MR) is 67.0 cm³/mol. The van der Waals surface area contributed by atoms with Gasteiger partial charge in [-0.1, -0.05) is 13.0 Å². The van der Waals surface area contributed by atoms with E-state index >= 15 is 0 Å². The minimum absolute atomic E-state index is 0.200. The smallest absolute Gasteiger partial charge is 0.142 e. The van der Waals surface area contributed by atoms with Gasteiger partial charge in [-0.15, -0.1) is 0 Å². The highest BCUT2D eigenvalue weighted by Gasteiger charge is 2.17. The average molecular weight is 220 g/mol. The van der Waals surface area contributed by atoms with Crippen molar-refractivity contribution in [1.82, 2.24) is 0 Å². The molecule has 0 aromatic heterocycles. The van der Waals surface area contributed by atoms with E-state index in [4.69, 9.17) is 10.5 Å². The number of nitrogens with one attached hydrogen (secondary N) is 1. The Balaban J connectivity index is 2.15. The van der Waals surface area contributed by atoms with Gasteiger partial charge >= 0.3 is 0 Å². The minimum atomic E-state index is 0.200. The molecular formula is C13H20N2O. The molecule has 16 heavy (non-hydrogen) atoms. The first kappa shape index (κ1) is 11.3. The molecule has 1 heterocycles. The predicted octanol–water partition coefficient (Wildman–Crippen LogP) is 2.16. The number of hydrogen-bond donors (Lipinski definition) is 2. The molecule has 3 heteroatoms. The second kappa shape index (κ2) is 4.74. The Morgan fingerprint density at radius 1 is 1.56 bits per heavy atom. The fourth-order valence-corrected chi connectivity index (χ4v) is 1.99. The summed E-state index contributed by atoms with van der Waals surface area (Å²) in [6.45, 7) is 5.06. The van der Waals surface area contributed by atoms with Crippen LogP contribution in [0.15, 0.2) is 18.2 Å². The van der Waals surface area contributed by atoms with E-state index in [1.54, 1.807) is 0 Å². The summed E-state index contributed by atoms with van der Waals surface area (Å²) in [5, 5.41) is 3.41. The van der Waals surface area contributed by atoms with Crippen molar-refractivity contribution < 1.29 is 4.74 Å². The van der Waals surface area contributed by atoms with Gasteiger partial charge in [-0.05, 0) is 37.5 Å². The zero-order chi connectivity index (χ0) is 11.5. The molecule has 0 amide bonds. The number of anilines is 1. The Labute approximate surface area is 97.0 Å². The van der Waals surface area contributed by atoms with Gasteiger partial charge in [0.15, 0.2) is 0 Å². The second-order valence-corrected chi connectivity index (χ2v) is 4.54. The van der Waals surface area contributed by atoms with Crippen LogP contribution in [-0.2, 0) is 6.42 Å². The SMILES string of the molecule is CCC1CNc2cc(CC(C)N)ccc2O1. The van der Waals surface area contributed by atoms with E-state index in [1.165, 1.54) is 5.56 Å². The normalized spacial score (nSPS) is 20.6. The van der Waals surface area contributed by atoms with Gasteiger partial charge in [-0.25, -0.2) is 0 Å². The molecule has 3 nitrogen and oxygen atoms in total. The molecule has 1 aliphatic rings. The molecule has 0 saturated heterocycles. The number of nitrogens with two attached hydrogens (primary N) is 1. The summed E-state index contributed by atoms with van der Waals surface area (Å²) in [5.74, 6) is 0.964. The van der Waals surface area contributed by atoms with Crippen LogP contribution in [0.1, 0.15) is 25.8 Å². The van der Waals surface area contributed by atoms with Crippen LogP contribution < -0.4 is 15.8 Å². The zero-order valence-electron chi connectivity index (χ0n) is 9.99.